The minimum absolute atomic E-state index is 0.000801. The van der Waals surface area contributed by atoms with Crippen molar-refractivity contribution in [2.24, 2.45) is 0 Å². The van der Waals surface area contributed by atoms with Gasteiger partial charge >= 0.3 is 11.9 Å². The molecule has 0 aliphatic carbocycles. The van der Waals surface area contributed by atoms with Crippen molar-refractivity contribution >= 4 is 32.0 Å². The fourth-order valence-electron chi connectivity index (χ4n) is 6.21. The van der Waals surface area contributed by atoms with Crippen molar-refractivity contribution in [1.82, 2.24) is 8.61 Å². The van der Waals surface area contributed by atoms with Gasteiger partial charge < -0.3 is 43.4 Å². The van der Waals surface area contributed by atoms with Gasteiger partial charge in [-0.15, -0.1) is 0 Å². The summed E-state index contributed by atoms with van der Waals surface area (Å²) in [7, 11) is 0.120. The van der Waals surface area contributed by atoms with Crippen molar-refractivity contribution in [3.63, 3.8) is 0 Å². The van der Waals surface area contributed by atoms with Gasteiger partial charge in [0, 0.05) is 31.5 Å². The number of phenolic OH excluding ortho intramolecular Hbond substituents is 1. The van der Waals surface area contributed by atoms with E-state index < -0.39 is 56.3 Å². The smallest absolute Gasteiger partial charge is 0.324 e. The number of phenols is 1. The first-order chi connectivity index (χ1) is 28.1. The van der Waals surface area contributed by atoms with Crippen LogP contribution in [0.2, 0.25) is 0 Å². The largest absolute Gasteiger partial charge is 0.508 e. The standard InChI is InChI=1S/C20H23NO7S.C14H19NO7S.C6H6O/c1-25-18-10-9-16(12-19(18)26-2)29(23,24)21-13-15(11-17(21)20(22)27-3)28-14-7-5-4-6-8-14;1-20-12-5-4-10(7-13(12)21-2)23(18,19)15-8-9(16)6-11(15)14(17)22-3;7-6-4-2-1-3-5-6/h4-10,12,15,17H,11,13H2,1-3H3;4-5,7,9,11,16H,6,8H2,1-3H3;1-5,7H/t15-,17-;9-,11+;/m01./s1. The number of aromatic hydroxyl groups is 1. The lowest BCUT2D eigenvalue weighted by atomic mass is 10.2. The Morgan fingerprint density at radius 2 is 1.00 bits per heavy atom. The number of rotatable bonds is 12. The van der Waals surface area contributed by atoms with Crippen LogP contribution in [0.25, 0.3) is 0 Å². The van der Waals surface area contributed by atoms with Crippen molar-refractivity contribution in [2.45, 2.75) is 46.9 Å². The molecule has 4 aromatic rings. The van der Waals surface area contributed by atoms with Gasteiger partial charge in [-0.3, -0.25) is 9.59 Å². The maximum atomic E-state index is 13.3. The van der Waals surface area contributed by atoms with E-state index in [1.165, 1.54) is 79.1 Å². The van der Waals surface area contributed by atoms with E-state index in [0.717, 1.165) is 8.61 Å². The number of nitrogens with zero attached hydrogens (tertiary/aromatic N) is 2. The third kappa shape index (κ3) is 11.3. The molecule has 17 nitrogen and oxygen atoms in total. The Bertz CT molecular complexity index is 2230. The summed E-state index contributed by atoms with van der Waals surface area (Å²) in [5, 5.41) is 18.4. The molecule has 19 heteroatoms. The Labute approximate surface area is 343 Å². The lowest BCUT2D eigenvalue weighted by Gasteiger charge is -2.22. The van der Waals surface area contributed by atoms with E-state index in [-0.39, 0.29) is 47.2 Å². The number of aliphatic hydroxyl groups is 1. The molecule has 2 heterocycles. The van der Waals surface area contributed by atoms with Crippen LogP contribution in [0.1, 0.15) is 12.8 Å². The third-order valence-electron chi connectivity index (χ3n) is 9.12. The number of carbonyl (C=O) groups is 2. The van der Waals surface area contributed by atoms with Crippen molar-refractivity contribution in [3.8, 4) is 34.5 Å². The van der Waals surface area contributed by atoms with Crippen LogP contribution in [0, 0.1) is 0 Å². The van der Waals surface area contributed by atoms with Crippen LogP contribution < -0.4 is 23.7 Å². The van der Waals surface area contributed by atoms with Gasteiger partial charge in [-0.05, 0) is 48.5 Å². The lowest BCUT2D eigenvalue weighted by Crippen LogP contribution is -2.41. The number of para-hydroxylation sites is 2. The second-order valence-corrected chi connectivity index (χ2v) is 16.6. The number of ether oxygens (including phenoxy) is 7. The highest BCUT2D eigenvalue weighted by Gasteiger charge is 2.46. The molecule has 2 N–H and O–H groups in total. The van der Waals surface area contributed by atoms with E-state index in [1.807, 2.05) is 24.3 Å². The predicted molar refractivity (Wildman–Crippen MR) is 213 cm³/mol. The highest BCUT2D eigenvalue weighted by molar-refractivity contribution is 7.89. The molecule has 4 atom stereocenters. The van der Waals surface area contributed by atoms with Crippen LogP contribution in [-0.4, -0.2) is 128 Å². The fraction of sp³-hybridized carbons (Fsp3) is 0.350. The number of hydrogen-bond acceptors (Lipinski definition) is 15. The molecule has 2 aliphatic rings. The van der Waals surface area contributed by atoms with E-state index in [1.54, 1.807) is 36.4 Å². The summed E-state index contributed by atoms with van der Waals surface area (Å²) in [5.74, 6) is 0.912. The highest BCUT2D eigenvalue weighted by Crippen LogP contribution is 2.35. The molecule has 0 radical (unpaired) electrons. The molecule has 0 amide bonds. The molecule has 0 saturated carbocycles. The molecule has 0 bridgehead atoms. The Kier molecular flexibility index (Phi) is 16.3. The summed E-state index contributed by atoms with van der Waals surface area (Å²) in [5.41, 5.74) is 0. The van der Waals surface area contributed by atoms with Crippen LogP contribution in [0.3, 0.4) is 0 Å². The molecule has 0 aromatic heterocycles. The molecule has 6 rings (SSSR count). The second-order valence-electron chi connectivity index (χ2n) is 12.8. The average molecular weight is 861 g/mol. The maximum absolute atomic E-state index is 13.3. The SMILES string of the molecule is COC(=O)[C@@H]1C[C@@H](O)CN1S(=O)(=O)c1ccc(OC)c(OC)c1.COC(=O)[C@@H]1C[C@H](Oc2ccccc2)CN1S(=O)(=O)c1ccc(OC)c(OC)c1.Oc1ccccc1. The van der Waals surface area contributed by atoms with Crippen molar-refractivity contribution in [2.75, 3.05) is 55.7 Å². The summed E-state index contributed by atoms with van der Waals surface area (Å²) in [4.78, 5) is 24.0. The summed E-state index contributed by atoms with van der Waals surface area (Å²) in [6.45, 7) is -0.151. The number of carbonyl (C=O) groups excluding carboxylic acids is 2. The molecule has 4 aromatic carbocycles. The zero-order valence-electron chi connectivity index (χ0n) is 33.3. The first-order valence-corrected chi connectivity index (χ1v) is 20.8. The van der Waals surface area contributed by atoms with E-state index in [2.05, 4.69) is 4.74 Å². The molecule has 0 unspecified atom stereocenters. The van der Waals surface area contributed by atoms with Crippen LogP contribution in [0.5, 0.6) is 34.5 Å². The average Bonchev–Trinajstić information content (AvgIpc) is 3.88. The molecule has 2 aliphatic heterocycles. The van der Waals surface area contributed by atoms with Gasteiger partial charge in [0.1, 0.15) is 29.7 Å². The van der Waals surface area contributed by atoms with Gasteiger partial charge in [-0.25, -0.2) is 16.8 Å². The summed E-state index contributed by atoms with van der Waals surface area (Å²) < 4.78 is 90.1. The van der Waals surface area contributed by atoms with Gasteiger partial charge in [-0.2, -0.15) is 8.61 Å². The minimum atomic E-state index is -4.01. The van der Waals surface area contributed by atoms with Crippen molar-refractivity contribution < 1.29 is 69.8 Å². The normalized spacial score (nSPS) is 19.2. The summed E-state index contributed by atoms with van der Waals surface area (Å²) in [6, 6.07) is 24.2. The Morgan fingerprint density at radius 1 is 0.576 bits per heavy atom. The van der Waals surface area contributed by atoms with Crippen molar-refractivity contribution in [3.05, 3.63) is 97.1 Å². The Balaban J connectivity index is 0.000000227. The van der Waals surface area contributed by atoms with Crippen molar-refractivity contribution in [1.29, 1.82) is 0 Å². The summed E-state index contributed by atoms with van der Waals surface area (Å²) >= 11 is 0. The second kappa shape index (κ2) is 20.9. The molecular weight excluding hydrogens is 813 g/mol. The number of sulfonamides is 2. The van der Waals surface area contributed by atoms with Gasteiger partial charge in [-0.1, -0.05) is 36.4 Å². The number of β-amino-alcohol motifs (C(OH)–C–C–N with tert-alkyl or cyclic N) is 1. The summed E-state index contributed by atoms with van der Waals surface area (Å²) in [6.07, 6.45) is -1.22. The van der Waals surface area contributed by atoms with Crippen LogP contribution in [-0.2, 0) is 39.1 Å². The maximum Gasteiger partial charge on any atom is 0.324 e. The fourth-order valence-corrected chi connectivity index (χ4v) is 9.49. The molecule has 0 spiro atoms. The topological polar surface area (TPSA) is 214 Å². The van der Waals surface area contributed by atoms with Gasteiger partial charge in [0.15, 0.2) is 23.0 Å². The molecule has 2 saturated heterocycles. The van der Waals surface area contributed by atoms with Gasteiger partial charge in [0.2, 0.25) is 20.0 Å². The first kappa shape index (κ1) is 46.1. The third-order valence-corrected chi connectivity index (χ3v) is 12.9. The Hall–Kier alpha value is -5.60. The monoisotopic (exact) mass is 860 g/mol. The number of esters is 2. The van der Waals surface area contributed by atoms with E-state index >= 15 is 0 Å². The van der Waals surface area contributed by atoms with Crippen LogP contribution in [0.4, 0.5) is 0 Å². The van der Waals surface area contributed by atoms with Crippen LogP contribution in [0.15, 0.2) is 107 Å². The van der Waals surface area contributed by atoms with Crippen LogP contribution >= 0.6 is 0 Å². The molecular formula is C40H48N2O15S2. The highest BCUT2D eigenvalue weighted by atomic mass is 32.2. The number of benzene rings is 4. The van der Waals surface area contributed by atoms with Gasteiger partial charge in [0.25, 0.3) is 0 Å². The first-order valence-electron chi connectivity index (χ1n) is 17.9. The molecule has 2 fully saturated rings. The van der Waals surface area contributed by atoms with E-state index in [9.17, 15) is 31.5 Å². The van der Waals surface area contributed by atoms with Gasteiger partial charge in [0.05, 0.1) is 65.1 Å². The zero-order chi connectivity index (χ0) is 43.3. The molecule has 320 valence electrons. The predicted octanol–water partition coefficient (Wildman–Crippen LogP) is 3.48. The minimum Gasteiger partial charge on any atom is -0.508 e. The number of hydrogen-bond donors (Lipinski definition) is 2. The molecule has 59 heavy (non-hydrogen) atoms. The zero-order valence-corrected chi connectivity index (χ0v) is 34.9. The number of aliphatic hydroxyl groups excluding tert-OH is 1. The Morgan fingerprint density at radius 3 is 1.41 bits per heavy atom. The lowest BCUT2D eigenvalue weighted by molar-refractivity contribution is -0.145. The quantitative estimate of drug-likeness (QED) is 0.195. The van der Waals surface area contributed by atoms with E-state index in [4.69, 9.17) is 33.5 Å². The van der Waals surface area contributed by atoms with E-state index in [0.29, 0.717) is 23.0 Å². The number of methoxy groups -OCH3 is 6.